The van der Waals surface area contributed by atoms with E-state index in [0.29, 0.717) is 34.0 Å². The van der Waals surface area contributed by atoms with Gasteiger partial charge in [0.05, 0.1) is 16.6 Å². The molecule has 1 aromatic carbocycles. The highest BCUT2D eigenvalue weighted by atomic mass is 35.5. The summed E-state index contributed by atoms with van der Waals surface area (Å²) in [4.78, 5) is 11.9. The number of hydrogen-bond donors (Lipinski definition) is 1. The summed E-state index contributed by atoms with van der Waals surface area (Å²) in [6, 6.07) is 3.33. The predicted octanol–water partition coefficient (Wildman–Crippen LogP) is 2.99. The number of hydrogen-bond acceptors (Lipinski definition) is 3. The lowest BCUT2D eigenvalue weighted by Gasteiger charge is -1.97. The molecule has 7 heteroatoms. The largest absolute Gasteiger partial charge is 0.481 e. The summed E-state index contributed by atoms with van der Waals surface area (Å²) in [5, 5.41) is 17.9. The van der Waals surface area contributed by atoms with Crippen LogP contribution in [-0.2, 0) is 11.3 Å². The molecule has 2 rings (SSSR count). The summed E-state index contributed by atoms with van der Waals surface area (Å²) in [7, 11) is 0. The van der Waals surface area contributed by atoms with Gasteiger partial charge in [0, 0.05) is 6.42 Å². The van der Waals surface area contributed by atoms with Crippen LogP contribution in [0.2, 0.25) is 10.0 Å². The number of unbranched alkanes of at least 4 members (excludes halogenated alkanes) is 1. The predicted molar refractivity (Wildman–Crippen MR) is 69.0 cm³/mol. The quantitative estimate of drug-likeness (QED) is 0.859. The van der Waals surface area contributed by atoms with Crippen LogP contribution in [0.4, 0.5) is 0 Å². The SMILES string of the molecule is O=C(O)CCCCn1nc2cc(Cl)c(Cl)cc2n1. The molecular weight excluding hydrogens is 277 g/mol. The minimum absolute atomic E-state index is 0.165. The molecule has 0 spiro atoms. The smallest absolute Gasteiger partial charge is 0.303 e. The zero-order valence-corrected chi connectivity index (χ0v) is 10.9. The van der Waals surface area contributed by atoms with Crippen molar-refractivity contribution in [3.63, 3.8) is 0 Å². The van der Waals surface area contributed by atoms with Crippen molar-refractivity contribution in [1.29, 1.82) is 0 Å². The lowest BCUT2D eigenvalue weighted by Crippen LogP contribution is -2.03. The zero-order chi connectivity index (χ0) is 13.1. The zero-order valence-electron chi connectivity index (χ0n) is 9.44. The molecule has 0 bridgehead atoms. The molecule has 0 aliphatic rings. The van der Waals surface area contributed by atoms with Gasteiger partial charge in [0.2, 0.25) is 0 Å². The average molecular weight is 288 g/mol. The van der Waals surface area contributed by atoms with Gasteiger partial charge in [0.1, 0.15) is 11.0 Å². The Hall–Kier alpha value is -1.33. The van der Waals surface area contributed by atoms with Crippen molar-refractivity contribution in [2.45, 2.75) is 25.8 Å². The van der Waals surface area contributed by atoms with E-state index in [9.17, 15) is 4.79 Å². The highest BCUT2D eigenvalue weighted by molar-refractivity contribution is 6.42. The third-order valence-electron chi connectivity index (χ3n) is 2.46. The third-order valence-corrected chi connectivity index (χ3v) is 3.18. The Balaban J connectivity index is 2.04. The number of halogens is 2. The Morgan fingerprint density at radius 3 is 2.22 bits per heavy atom. The number of aromatic nitrogens is 3. The molecule has 1 N–H and O–H groups in total. The average Bonchev–Trinajstić information content (AvgIpc) is 2.67. The summed E-state index contributed by atoms with van der Waals surface area (Å²) < 4.78 is 0. The van der Waals surface area contributed by atoms with Crippen molar-refractivity contribution in [2.75, 3.05) is 0 Å². The van der Waals surface area contributed by atoms with Crippen LogP contribution in [0.25, 0.3) is 11.0 Å². The van der Waals surface area contributed by atoms with Gasteiger partial charge in [-0.2, -0.15) is 15.0 Å². The second-order valence-electron chi connectivity index (χ2n) is 3.90. The van der Waals surface area contributed by atoms with Crippen molar-refractivity contribution in [2.24, 2.45) is 0 Å². The first-order valence-corrected chi connectivity index (χ1v) is 6.23. The van der Waals surface area contributed by atoms with E-state index >= 15 is 0 Å². The molecule has 0 radical (unpaired) electrons. The number of carboxylic acid groups (broad SMARTS) is 1. The summed E-state index contributed by atoms with van der Waals surface area (Å²) in [6.07, 6.45) is 1.49. The molecule has 0 amide bonds. The van der Waals surface area contributed by atoms with Gasteiger partial charge in [-0.25, -0.2) is 0 Å². The number of benzene rings is 1. The minimum atomic E-state index is -0.785. The molecule has 96 valence electrons. The van der Waals surface area contributed by atoms with Gasteiger partial charge in [0.25, 0.3) is 0 Å². The molecule has 5 nitrogen and oxygen atoms in total. The fourth-order valence-corrected chi connectivity index (χ4v) is 1.90. The fraction of sp³-hybridized carbons (Fsp3) is 0.364. The van der Waals surface area contributed by atoms with Gasteiger partial charge in [-0.3, -0.25) is 4.79 Å². The summed E-state index contributed by atoms with van der Waals surface area (Å²) >= 11 is 11.8. The van der Waals surface area contributed by atoms with Gasteiger partial charge in [0.15, 0.2) is 0 Å². The van der Waals surface area contributed by atoms with Crippen LogP contribution in [0.3, 0.4) is 0 Å². The van der Waals surface area contributed by atoms with Crippen molar-refractivity contribution in [1.82, 2.24) is 15.0 Å². The summed E-state index contributed by atoms with van der Waals surface area (Å²) in [5.41, 5.74) is 1.37. The van der Waals surface area contributed by atoms with Crippen LogP contribution in [0, 0.1) is 0 Å². The molecule has 0 unspecified atom stereocenters. The first-order chi connectivity index (χ1) is 8.56. The number of fused-ring (bicyclic) bond motifs is 1. The van der Waals surface area contributed by atoms with E-state index in [2.05, 4.69) is 10.2 Å². The highest BCUT2D eigenvalue weighted by Crippen LogP contribution is 2.25. The number of carboxylic acids is 1. The first-order valence-electron chi connectivity index (χ1n) is 5.48. The van der Waals surface area contributed by atoms with E-state index in [-0.39, 0.29) is 6.42 Å². The van der Waals surface area contributed by atoms with Crippen molar-refractivity contribution < 1.29 is 9.90 Å². The summed E-state index contributed by atoms with van der Waals surface area (Å²) in [6.45, 7) is 0.581. The van der Waals surface area contributed by atoms with Crippen LogP contribution >= 0.6 is 23.2 Å². The van der Waals surface area contributed by atoms with Crippen LogP contribution in [0.5, 0.6) is 0 Å². The number of aliphatic carboxylic acids is 1. The topological polar surface area (TPSA) is 68.0 Å². The van der Waals surface area contributed by atoms with Crippen LogP contribution in [0.15, 0.2) is 12.1 Å². The molecule has 0 saturated heterocycles. The maximum absolute atomic E-state index is 10.4. The van der Waals surface area contributed by atoms with Gasteiger partial charge in [-0.1, -0.05) is 23.2 Å². The van der Waals surface area contributed by atoms with Gasteiger partial charge in [-0.15, -0.1) is 0 Å². The van der Waals surface area contributed by atoms with Gasteiger partial charge in [-0.05, 0) is 25.0 Å². The maximum Gasteiger partial charge on any atom is 0.303 e. The van der Waals surface area contributed by atoms with Crippen molar-refractivity contribution >= 4 is 40.2 Å². The lowest BCUT2D eigenvalue weighted by molar-refractivity contribution is -0.137. The van der Waals surface area contributed by atoms with Gasteiger partial charge >= 0.3 is 5.97 Å². The van der Waals surface area contributed by atoms with E-state index in [1.54, 1.807) is 16.9 Å². The van der Waals surface area contributed by atoms with Gasteiger partial charge < -0.3 is 5.11 Å². The Morgan fingerprint density at radius 2 is 1.72 bits per heavy atom. The van der Waals surface area contributed by atoms with Crippen molar-refractivity contribution in [3.8, 4) is 0 Å². The maximum atomic E-state index is 10.4. The Bertz CT molecular complexity index is 544. The molecule has 0 atom stereocenters. The van der Waals surface area contributed by atoms with E-state index in [4.69, 9.17) is 28.3 Å². The monoisotopic (exact) mass is 287 g/mol. The number of rotatable bonds is 5. The number of carbonyl (C=O) groups is 1. The lowest BCUT2D eigenvalue weighted by atomic mass is 10.2. The van der Waals surface area contributed by atoms with E-state index in [0.717, 1.165) is 6.42 Å². The second-order valence-corrected chi connectivity index (χ2v) is 4.72. The second kappa shape index (κ2) is 5.54. The molecule has 0 aliphatic heterocycles. The van der Waals surface area contributed by atoms with E-state index in [1.165, 1.54) is 0 Å². The standard InChI is InChI=1S/C11H11Cl2N3O2/c12-7-5-9-10(6-8(7)13)15-16(14-9)4-2-1-3-11(17)18/h5-6H,1-4H2,(H,17,18). The molecule has 1 aromatic heterocycles. The molecule has 0 saturated carbocycles. The highest BCUT2D eigenvalue weighted by Gasteiger charge is 2.07. The van der Waals surface area contributed by atoms with E-state index in [1.807, 2.05) is 0 Å². The number of nitrogens with zero attached hydrogens (tertiary/aromatic N) is 3. The molecule has 0 aliphatic carbocycles. The third kappa shape index (κ3) is 3.11. The van der Waals surface area contributed by atoms with Crippen LogP contribution in [-0.4, -0.2) is 26.1 Å². The molecule has 0 fully saturated rings. The molecule has 18 heavy (non-hydrogen) atoms. The van der Waals surface area contributed by atoms with Crippen LogP contribution in [0.1, 0.15) is 19.3 Å². The van der Waals surface area contributed by atoms with E-state index < -0.39 is 5.97 Å². The normalized spacial score (nSPS) is 11.0. The molecular formula is C11H11Cl2N3O2. The Morgan fingerprint density at radius 1 is 1.17 bits per heavy atom. The Kier molecular flexibility index (Phi) is 4.04. The van der Waals surface area contributed by atoms with Crippen molar-refractivity contribution in [3.05, 3.63) is 22.2 Å². The summed E-state index contributed by atoms with van der Waals surface area (Å²) in [5.74, 6) is -0.785. The van der Waals surface area contributed by atoms with Crippen LogP contribution < -0.4 is 0 Å². The fourth-order valence-electron chi connectivity index (χ4n) is 1.59. The Labute approximate surface area is 113 Å². The minimum Gasteiger partial charge on any atom is -0.481 e. The molecule has 1 heterocycles. The molecule has 2 aromatic rings. The number of aryl methyl sites for hydroxylation is 1. The first kappa shape index (κ1) is 13.1.